The molecule has 1 fully saturated rings. The van der Waals surface area contributed by atoms with Gasteiger partial charge in [-0.15, -0.1) is 0 Å². The van der Waals surface area contributed by atoms with Crippen molar-refractivity contribution >= 4 is 5.91 Å². The van der Waals surface area contributed by atoms with Crippen LogP contribution in [0.4, 0.5) is 0 Å². The van der Waals surface area contributed by atoms with Crippen molar-refractivity contribution in [2.24, 2.45) is 0 Å². The number of amides is 1. The predicted octanol–water partition coefficient (Wildman–Crippen LogP) is 1.80. The molecule has 1 aromatic carbocycles. The second kappa shape index (κ2) is 6.01. The summed E-state index contributed by atoms with van der Waals surface area (Å²) in [6.45, 7) is 0.224. The van der Waals surface area contributed by atoms with Gasteiger partial charge in [-0.25, -0.2) is 9.97 Å². The molecule has 1 aliphatic heterocycles. The molecule has 2 aromatic rings. The Morgan fingerprint density at radius 1 is 1.29 bits per heavy atom. The number of hydrogen-bond donors (Lipinski definition) is 1. The van der Waals surface area contributed by atoms with E-state index in [4.69, 9.17) is 5.11 Å². The summed E-state index contributed by atoms with van der Waals surface area (Å²) in [5.41, 5.74) is 1.79. The van der Waals surface area contributed by atoms with Gasteiger partial charge in [-0.05, 0) is 18.9 Å². The molecule has 0 bridgehead atoms. The number of nitrogens with zero attached hydrogens (tertiary/aromatic N) is 3. The fourth-order valence-electron chi connectivity index (χ4n) is 2.75. The zero-order valence-corrected chi connectivity index (χ0v) is 11.6. The summed E-state index contributed by atoms with van der Waals surface area (Å²) in [6, 6.07) is 11.6. The average molecular weight is 283 g/mol. The van der Waals surface area contributed by atoms with Crippen molar-refractivity contribution in [3.8, 4) is 11.4 Å². The van der Waals surface area contributed by atoms with Gasteiger partial charge in [-0.2, -0.15) is 0 Å². The first-order valence-electron chi connectivity index (χ1n) is 7.08. The van der Waals surface area contributed by atoms with Crippen LogP contribution in [0.1, 0.15) is 24.6 Å². The summed E-state index contributed by atoms with van der Waals surface area (Å²) in [4.78, 5) is 22.4. The maximum absolute atomic E-state index is 11.8. The lowest BCUT2D eigenvalue weighted by Gasteiger charge is -2.23. The number of aromatic nitrogens is 2. The molecule has 1 aliphatic rings. The van der Waals surface area contributed by atoms with Crippen LogP contribution in [0.25, 0.3) is 11.4 Å². The molecule has 2 heterocycles. The summed E-state index contributed by atoms with van der Waals surface area (Å²) in [5, 5.41) is 9.07. The third-order valence-corrected chi connectivity index (χ3v) is 3.76. The molecule has 1 unspecified atom stereocenters. The molecule has 0 saturated carbocycles. The molecule has 21 heavy (non-hydrogen) atoms. The van der Waals surface area contributed by atoms with Gasteiger partial charge in [0.05, 0.1) is 11.7 Å². The number of benzene rings is 1. The van der Waals surface area contributed by atoms with Crippen LogP contribution in [0.2, 0.25) is 0 Å². The normalized spacial score (nSPS) is 18.0. The molecule has 1 N–H and O–H groups in total. The first-order chi connectivity index (χ1) is 10.3. The van der Waals surface area contributed by atoms with Crippen LogP contribution in [-0.2, 0) is 4.79 Å². The smallest absolute Gasteiger partial charge is 0.248 e. The lowest BCUT2D eigenvalue weighted by atomic mass is 10.1. The summed E-state index contributed by atoms with van der Waals surface area (Å²) in [6.07, 6.45) is 3.53. The fraction of sp³-hybridized carbons (Fsp3) is 0.312. The standard InChI is InChI=1S/C16H17N3O2/c20-11-15(21)19-10-4-7-14(19)13-8-9-17-16(18-13)12-5-2-1-3-6-12/h1-3,5-6,8-9,14,20H,4,7,10-11H2. The van der Waals surface area contributed by atoms with E-state index in [1.807, 2.05) is 36.4 Å². The first-order valence-corrected chi connectivity index (χ1v) is 7.08. The minimum atomic E-state index is -0.451. The zero-order valence-electron chi connectivity index (χ0n) is 11.6. The topological polar surface area (TPSA) is 66.3 Å². The third-order valence-electron chi connectivity index (χ3n) is 3.76. The van der Waals surface area contributed by atoms with Crippen LogP contribution in [0, 0.1) is 0 Å². The highest BCUT2D eigenvalue weighted by atomic mass is 16.3. The van der Waals surface area contributed by atoms with Crippen LogP contribution in [0.15, 0.2) is 42.6 Å². The predicted molar refractivity (Wildman–Crippen MR) is 78.2 cm³/mol. The second-order valence-corrected chi connectivity index (χ2v) is 5.07. The minimum Gasteiger partial charge on any atom is -0.387 e. The van der Waals surface area contributed by atoms with Crippen molar-refractivity contribution in [3.05, 3.63) is 48.3 Å². The highest BCUT2D eigenvalue weighted by Crippen LogP contribution is 2.31. The van der Waals surface area contributed by atoms with Crippen molar-refractivity contribution in [3.63, 3.8) is 0 Å². The molecule has 1 aromatic heterocycles. The van der Waals surface area contributed by atoms with Gasteiger partial charge in [0.15, 0.2) is 5.82 Å². The van der Waals surface area contributed by atoms with E-state index in [0.29, 0.717) is 12.4 Å². The highest BCUT2D eigenvalue weighted by molar-refractivity contribution is 5.78. The van der Waals surface area contributed by atoms with E-state index in [1.165, 1.54) is 0 Å². The molecule has 5 heteroatoms. The number of likely N-dealkylation sites (tertiary alicyclic amines) is 1. The minimum absolute atomic E-state index is 0.0601. The van der Waals surface area contributed by atoms with Gasteiger partial charge >= 0.3 is 0 Å². The zero-order chi connectivity index (χ0) is 14.7. The van der Waals surface area contributed by atoms with Crippen LogP contribution in [0.3, 0.4) is 0 Å². The Morgan fingerprint density at radius 2 is 2.10 bits per heavy atom. The van der Waals surface area contributed by atoms with Crippen molar-refractivity contribution < 1.29 is 9.90 Å². The number of rotatable bonds is 3. The Morgan fingerprint density at radius 3 is 2.86 bits per heavy atom. The van der Waals surface area contributed by atoms with Gasteiger partial charge in [0.2, 0.25) is 5.91 Å². The summed E-state index contributed by atoms with van der Waals surface area (Å²) >= 11 is 0. The van der Waals surface area contributed by atoms with Crippen molar-refractivity contribution in [1.29, 1.82) is 0 Å². The number of hydrogen-bond acceptors (Lipinski definition) is 4. The van der Waals surface area contributed by atoms with E-state index in [2.05, 4.69) is 9.97 Å². The van der Waals surface area contributed by atoms with E-state index >= 15 is 0 Å². The third kappa shape index (κ3) is 2.78. The lowest BCUT2D eigenvalue weighted by Crippen LogP contribution is -2.33. The van der Waals surface area contributed by atoms with E-state index in [1.54, 1.807) is 11.1 Å². The number of aliphatic hydroxyl groups excluding tert-OH is 1. The van der Waals surface area contributed by atoms with Gasteiger partial charge < -0.3 is 10.0 Å². The summed E-state index contributed by atoms with van der Waals surface area (Å²) in [7, 11) is 0. The van der Waals surface area contributed by atoms with Crippen LogP contribution >= 0.6 is 0 Å². The van der Waals surface area contributed by atoms with Crippen molar-refractivity contribution in [2.75, 3.05) is 13.2 Å². The molecule has 1 amide bonds. The van der Waals surface area contributed by atoms with Gasteiger partial charge in [0.1, 0.15) is 6.61 Å². The molecule has 5 nitrogen and oxygen atoms in total. The number of carbonyl (C=O) groups is 1. The van der Waals surface area contributed by atoms with Crippen molar-refractivity contribution in [1.82, 2.24) is 14.9 Å². The highest BCUT2D eigenvalue weighted by Gasteiger charge is 2.30. The molecular formula is C16H17N3O2. The molecule has 3 rings (SSSR count). The fourth-order valence-corrected chi connectivity index (χ4v) is 2.75. The Labute approximate surface area is 123 Å². The molecule has 0 aliphatic carbocycles. The van der Waals surface area contributed by atoms with Crippen LogP contribution in [-0.4, -0.2) is 39.0 Å². The van der Waals surface area contributed by atoms with E-state index in [9.17, 15) is 4.79 Å². The molecule has 1 atom stereocenters. The van der Waals surface area contributed by atoms with Gasteiger partial charge in [-0.3, -0.25) is 4.79 Å². The summed E-state index contributed by atoms with van der Waals surface area (Å²) in [5.74, 6) is 0.425. The Hall–Kier alpha value is -2.27. The van der Waals surface area contributed by atoms with Gasteiger partial charge in [-0.1, -0.05) is 30.3 Å². The van der Waals surface area contributed by atoms with Crippen LogP contribution < -0.4 is 0 Å². The molecule has 0 spiro atoms. The van der Waals surface area contributed by atoms with Crippen molar-refractivity contribution in [2.45, 2.75) is 18.9 Å². The largest absolute Gasteiger partial charge is 0.387 e. The molecular weight excluding hydrogens is 266 g/mol. The Balaban J connectivity index is 1.91. The molecule has 0 radical (unpaired) electrons. The van der Waals surface area contributed by atoms with E-state index < -0.39 is 6.61 Å². The van der Waals surface area contributed by atoms with Crippen LogP contribution in [0.5, 0.6) is 0 Å². The summed E-state index contributed by atoms with van der Waals surface area (Å²) < 4.78 is 0. The maximum Gasteiger partial charge on any atom is 0.248 e. The molecule has 108 valence electrons. The second-order valence-electron chi connectivity index (χ2n) is 5.07. The van der Waals surface area contributed by atoms with E-state index in [0.717, 1.165) is 24.1 Å². The maximum atomic E-state index is 11.8. The monoisotopic (exact) mass is 283 g/mol. The lowest BCUT2D eigenvalue weighted by molar-refractivity contribution is -0.135. The van der Waals surface area contributed by atoms with E-state index in [-0.39, 0.29) is 11.9 Å². The molecule has 1 saturated heterocycles. The number of aliphatic hydroxyl groups is 1. The Bertz CT molecular complexity index is 630. The van der Waals surface area contributed by atoms with Gasteiger partial charge in [0, 0.05) is 18.3 Å². The average Bonchev–Trinajstić information content (AvgIpc) is 3.05. The number of carbonyl (C=O) groups excluding carboxylic acids is 1. The van der Waals surface area contributed by atoms with Gasteiger partial charge in [0.25, 0.3) is 0 Å². The Kier molecular flexibility index (Phi) is 3.92. The quantitative estimate of drug-likeness (QED) is 0.932. The SMILES string of the molecule is O=C(CO)N1CCCC1c1ccnc(-c2ccccc2)n1. The first kappa shape index (κ1) is 13.7.